The van der Waals surface area contributed by atoms with Crippen LogP contribution in [0.5, 0.6) is 0 Å². The maximum Gasteiger partial charge on any atom is 0.0447 e. The highest BCUT2D eigenvalue weighted by atomic mass is 16.3. The van der Waals surface area contributed by atoms with Crippen LogP contribution in [-0.2, 0) is 0 Å². The Morgan fingerprint density at radius 2 is 2.40 bits per heavy atom. The highest BCUT2D eigenvalue weighted by Gasteiger charge is 2.28. The Morgan fingerprint density at radius 1 is 1.53 bits per heavy atom. The van der Waals surface area contributed by atoms with Crippen molar-refractivity contribution >= 4 is 0 Å². The molecule has 84 valence electrons. The van der Waals surface area contributed by atoms with Gasteiger partial charge in [0.1, 0.15) is 0 Å². The van der Waals surface area contributed by atoms with Crippen molar-refractivity contribution in [2.45, 2.75) is 25.3 Å². The van der Waals surface area contributed by atoms with E-state index in [9.17, 15) is 0 Å². The third kappa shape index (κ3) is 2.41. The van der Waals surface area contributed by atoms with Crippen molar-refractivity contribution in [3.05, 3.63) is 23.9 Å². The molecule has 0 radical (unpaired) electrons. The Morgan fingerprint density at radius 3 is 3.20 bits per heavy atom. The van der Waals surface area contributed by atoms with Crippen molar-refractivity contribution in [3.63, 3.8) is 0 Å². The van der Waals surface area contributed by atoms with E-state index >= 15 is 0 Å². The van der Waals surface area contributed by atoms with Crippen LogP contribution < -0.4 is 5.73 Å². The second kappa shape index (κ2) is 4.81. The van der Waals surface area contributed by atoms with E-state index in [0.29, 0.717) is 5.92 Å². The van der Waals surface area contributed by atoms with Gasteiger partial charge in [0.2, 0.25) is 0 Å². The van der Waals surface area contributed by atoms with Crippen LogP contribution in [0.15, 0.2) is 23.9 Å². The van der Waals surface area contributed by atoms with Gasteiger partial charge in [0.05, 0.1) is 0 Å². The Hall–Kier alpha value is -0.800. The first kappa shape index (κ1) is 10.7. The fraction of sp³-hybridized carbons (Fsp3) is 0.667. The molecule has 2 atom stereocenters. The number of likely N-dealkylation sites (tertiary alicyclic amines) is 1. The predicted molar refractivity (Wildman–Crippen MR) is 61.2 cm³/mol. The normalized spacial score (nSPS) is 30.0. The predicted octanol–water partition coefficient (Wildman–Crippen LogP) is 0.862. The molecule has 3 heteroatoms. The van der Waals surface area contributed by atoms with E-state index < -0.39 is 0 Å². The summed E-state index contributed by atoms with van der Waals surface area (Å²) in [7, 11) is 0. The number of rotatable bonds is 3. The molecule has 1 aliphatic carbocycles. The Kier molecular flexibility index (Phi) is 3.44. The number of fused-ring (bicyclic) bond motifs is 1. The first-order valence-corrected chi connectivity index (χ1v) is 5.79. The molecule has 1 fully saturated rings. The summed E-state index contributed by atoms with van der Waals surface area (Å²) >= 11 is 0. The average Bonchev–Trinajstić information content (AvgIpc) is 2.25. The van der Waals surface area contributed by atoms with Crippen LogP contribution >= 0.6 is 0 Å². The van der Waals surface area contributed by atoms with Gasteiger partial charge in [0.15, 0.2) is 0 Å². The number of hydrogen-bond acceptors (Lipinski definition) is 3. The van der Waals surface area contributed by atoms with Gasteiger partial charge >= 0.3 is 0 Å². The molecule has 0 saturated carbocycles. The minimum atomic E-state index is 0.263. The summed E-state index contributed by atoms with van der Waals surface area (Å²) in [6.45, 7) is 2.13. The maximum atomic E-state index is 8.87. The molecule has 0 bridgehead atoms. The van der Waals surface area contributed by atoms with E-state index in [2.05, 4.69) is 23.1 Å². The number of piperidine rings is 1. The van der Waals surface area contributed by atoms with Gasteiger partial charge < -0.3 is 15.7 Å². The van der Waals surface area contributed by atoms with Crippen molar-refractivity contribution < 1.29 is 5.11 Å². The van der Waals surface area contributed by atoms with Crippen molar-refractivity contribution in [1.29, 1.82) is 0 Å². The summed E-state index contributed by atoms with van der Waals surface area (Å²) < 4.78 is 0. The van der Waals surface area contributed by atoms with Crippen LogP contribution in [-0.4, -0.2) is 35.7 Å². The number of allylic oxidation sites excluding steroid dienone is 4. The molecule has 0 aromatic rings. The Balaban J connectivity index is 2.05. The van der Waals surface area contributed by atoms with Crippen molar-refractivity contribution in [2.24, 2.45) is 11.7 Å². The van der Waals surface area contributed by atoms with Crippen LogP contribution in [0.25, 0.3) is 0 Å². The van der Waals surface area contributed by atoms with E-state index in [1.165, 1.54) is 5.70 Å². The van der Waals surface area contributed by atoms with Gasteiger partial charge in [-0.2, -0.15) is 0 Å². The second-order valence-corrected chi connectivity index (χ2v) is 4.47. The minimum Gasteiger partial charge on any atom is -0.396 e. The molecule has 3 nitrogen and oxygen atoms in total. The molecule has 0 spiro atoms. The summed E-state index contributed by atoms with van der Waals surface area (Å²) in [5.41, 5.74) is 7.47. The monoisotopic (exact) mass is 208 g/mol. The summed E-state index contributed by atoms with van der Waals surface area (Å²) in [5.74, 6) is 0.609. The molecule has 15 heavy (non-hydrogen) atoms. The first-order chi connectivity index (χ1) is 7.31. The largest absolute Gasteiger partial charge is 0.396 e. The average molecular weight is 208 g/mol. The summed E-state index contributed by atoms with van der Waals surface area (Å²) in [6.07, 6.45) is 9.62. The Labute approximate surface area is 91.3 Å². The highest BCUT2D eigenvalue weighted by molar-refractivity contribution is 5.22. The van der Waals surface area contributed by atoms with Gasteiger partial charge in [-0.1, -0.05) is 12.2 Å². The van der Waals surface area contributed by atoms with Gasteiger partial charge in [-0.05, 0) is 25.3 Å². The zero-order chi connectivity index (χ0) is 10.7. The molecule has 0 aromatic heterocycles. The van der Waals surface area contributed by atoms with Crippen molar-refractivity contribution in [1.82, 2.24) is 4.90 Å². The van der Waals surface area contributed by atoms with Crippen molar-refractivity contribution in [3.8, 4) is 0 Å². The topological polar surface area (TPSA) is 49.5 Å². The lowest BCUT2D eigenvalue weighted by Crippen LogP contribution is -2.46. The molecule has 3 N–H and O–H groups in total. The SMILES string of the molecule is NC1CC2CC=CC=C2N(CCCO)C1. The molecular formula is C12H20N2O. The van der Waals surface area contributed by atoms with Gasteiger partial charge in [-0.15, -0.1) is 0 Å². The zero-order valence-electron chi connectivity index (χ0n) is 9.10. The molecule has 2 aliphatic rings. The van der Waals surface area contributed by atoms with Crippen molar-refractivity contribution in [2.75, 3.05) is 19.7 Å². The number of nitrogens with zero attached hydrogens (tertiary/aromatic N) is 1. The fourth-order valence-electron chi connectivity index (χ4n) is 2.56. The van der Waals surface area contributed by atoms with Gasteiger partial charge in [-0.3, -0.25) is 0 Å². The van der Waals surface area contributed by atoms with Crippen LogP contribution in [0.4, 0.5) is 0 Å². The fourth-order valence-corrected chi connectivity index (χ4v) is 2.56. The second-order valence-electron chi connectivity index (χ2n) is 4.47. The van der Waals surface area contributed by atoms with Crippen LogP contribution in [0, 0.1) is 5.92 Å². The van der Waals surface area contributed by atoms with E-state index in [1.54, 1.807) is 0 Å². The molecule has 1 saturated heterocycles. The van der Waals surface area contributed by atoms with Crippen LogP contribution in [0.1, 0.15) is 19.3 Å². The molecule has 2 rings (SSSR count). The molecular weight excluding hydrogens is 188 g/mol. The van der Waals surface area contributed by atoms with Gasteiger partial charge in [-0.25, -0.2) is 0 Å². The smallest absolute Gasteiger partial charge is 0.0447 e. The maximum absolute atomic E-state index is 8.87. The van der Waals surface area contributed by atoms with Crippen LogP contribution in [0.2, 0.25) is 0 Å². The van der Waals surface area contributed by atoms with E-state index in [4.69, 9.17) is 10.8 Å². The highest BCUT2D eigenvalue weighted by Crippen LogP contribution is 2.31. The number of nitrogens with two attached hydrogens (primary N) is 1. The third-order valence-corrected chi connectivity index (χ3v) is 3.24. The van der Waals surface area contributed by atoms with E-state index in [-0.39, 0.29) is 12.6 Å². The van der Waals surface area contributed by atoms with Crippen LogP contribution in [0.3, 0.4) is 0 Å². The molecule has 2 unspecified atom stereocenters. The zero-order valence-corrected chi connectivity index (χ0v) is 9.10. The number of aliphatic hydroxyl groups excluding tert-OH is 1. The first-order valence-electron chi connectivity index (χ1n) is 5.79. The van der Waals surface area contributed by atoms with Gasteiger partial charge in [0.25, 0.3) is 0 Å². The quantitative estimate of drug-likeness (QED) is 0.723. The van der Waals surface area contributed by atoms with E-state index in [1.807, 2.05) is 0 Å². The summed E-state index contributed by atoms with van der Waals surface area (Å²) in [6, 6.07) is 0.289. The Bertz CT molecular complexity index is 273. The molecule has 1 heterocycles. The summed E-state index contributed by atoms with van der Waals surface area (Å²) in [4.78, 5) is 2.35. The lowest BCUT2D eigenvalue weighted by molar-refractivity contribution is 0.194. The minimum absolute atomic E-state index is 0.263. The molecule has 1 aliphatic heterocycles. The van der Waals surface area contributed by atoms with E-state index in [0.717, 1.165) is 32.4 Å². The lowest BCUT2D eigenvalue weighted by atomic mass is 9.86. The summed E-state index contributed by atoms with van der Waals surface area (Å²) in [5, 5.41) is 8.87. The molecule has 0 aromatic carbocycles. The lowest BCUT2D eigenvalue weighted by Gasteiger charge is -2.41. The molecule has 0 amide bonds. The standard InChI is InChI=1S/C12H20N2O/c13-11-8-10-4-1-2-5-12(10)14(9-11)6-3-7-15/h1-2,5,10-11,15H,3-4,6-9,13H2. The van der Waals surface area contributed by atoms with Gasteiger partial charge in [0, 0.05) is 37.4 Å². The number of aliphatic hydroxyl groups is 1. The number of hydrogen-bond donors (Lipinski definition) is 2. The third-order valence-electron chi connectivity index (χ3n) is 3.24.